The summed E-state index contributed by atoms with van der Waals surface area (Å²) < 4.78 is 39.1. The molecule has 0 aliphatic carbocycles. The summed E-state index contributed by atoms with van der Waals surface area (Å²) in [6.45, 7) is 4.00. The fraction of sp³-hybridized carbons (Fsp3) is 0.400. The molecular weight excluding hydrogens is 267 g/mol. The zero-order valence-electron chi connectivity index (χ0n) is 9.50. The van der Waals surface area contributed by atoms with E-state index in [1.807, 2.05) is 13.8 Å². The lowest BCUT2D eigenvalue weighted by atomic mass is 10.2. The van der Waals surface area contributed by atoms with E-state index in [-0.39, 0.29) is 28.1 Å². The minimum absolute atomic E-state index is 0.154. The topological polar surface area (TPSA) is 72.2 Å². The van der Waals surface area contributed by atoms with Gasteiger partial charge in [0.2, 0.25) is 10.0 Å². The number of hydrogen-bond acceptors (Lipinski definition) is 3. The number of anilines is 1. The summed E-state index contributed by atoms with van der Waals surface area (Å²) >= 11 is 5.69. The lowest BCUT2D eigenvalue weighted by Gasteiger charge is -2.11. The zero-order valence-corrected chi connectivity index (χ0v) is 11.1. The molecule has 0 unspecified atom stereocenters. The maximum Gasteiger partial charge on any atom is 0.242 e. The molecule has 0 amide bonds. The molecule has 0 aliphatic rings. The molecule has 0 atom stereocenters. The van der Waals surface area contributed by atoms with Crippen molar-refractivity contribution in [3.63, 3.8) is 0 Å². The molecule has 0 saturated heterocycles. The van der Waals surface area contributed by atoms with Gasteiger partial charge >= 0.3 is 0 Å². The molecule has 0 radical (unpaired) electrons. The molecule has 7 heteroatoms. The Morgan fingerprint density at radius 2 is 2.06 bits per heavy atom. The Bertz CT molecular complexity index is 517. The first-order valence-electron chi connectivity index (χ1n) is 4.98. The van der Waals surface area contributed by atoms with Gasteiger partial charge in [0, 0.05) is 6.54 Å². The van der Waals surface area contributed by atoms with Crippen molar-refractivity contribution in [1.82, 2.24) is 4.72 Å². The number of nitrogens with one attached hydrogen (secondary N) is 1. The molecule has 0 saturated carbocycles. The Kier molecular flexibility index (Phi) is 4.35. The summed E-state index contributed by atoms with van der Waals surface area (Å²) in [6, 6.07) is 1.90. The van der Waals surface area contributed by atoms with Crippen molar-refractivity contribution in [3.05, 3.63) is 23.0 Å². The van der Waals surface area contributed by atoms with Crippen molar-refractivity contribution in [1.29, 1.82) is 0 Å². The lowest BCUT2D eigenvalue weighted by molar-refractivity contribution is 0.560. The van der Waals surface area contributed by atoms with Crippen molar-refractivity contribution in [2.45, 2.75) is 18.7 Å². The SMILES string of the molecule is CC(C)CNS(=O)(=O)c1cc(N)c(F)cc1Cl. The molecule has 0 heterocycles. The average molecular weight is 281 g/mol. The number of rotatable bonds is 4. The zero-order chi connectivity index (χ0) is 13.2. The monoisotopic (exact) mass is 280 g/mol. The van der Waals surface area contributed by atoms with E-state index in [0.29, 0.717) is 0 Å². The van der Waals surface area contributed by atoms with Gasteiger partial charge in [-0.3, -0.25) is 0 Å². The molecule has 0 spiro atoms. The summed E-state index contributed by atoms with van der Waals surface area (Å²) in [5.41, 5.74) is 5.07. The number of nitrogens with two attached hydrogens (primary N) is 1. The van der Waals surface area contributed by atoms with E-state index in [2.05, 4.69) is 4.72 Å². The molecule has 1 aromatic carbocycles. The third kappa shape index (κ3) is 3.55. The second kappa shape index (κ2) is 5.20. The predicted molar refractivity (Wildman–Crippen MR) is 65.8 cm³/mol. The first kappa shape index (κ1) is 14.2. The second-order valence-corrected chi connectivity index (χ2v) is 6.19. The molecule has 0 aromatic heterocycles. The highest BCUT2D eigenvalue weighted by molar-refractivity contribution is 7.89. The normalized spacial score (nSPS) is 12.1. The fourth-order valence-corrected chi connectivity index (χ4v) is 2.87. The van der Waals surface area contributed by atoms with Crippen LogP contribution in [0.15, 0.2) is 17.0 Å². The van der Waals surface area contributed by atoms with Gasteiger partial charge in [0.15, 0.2) is 0 Å². The van der Waals surface area contributed by atoms with Gasteiger partial charge in [0.05, 0.1) is 10.7 Å². The van der Waals surface area contributed by atoms with E-state index in [0.717, 1.165) is 12.1 Å². The van der Waals surface area contributed by atoms with Crippen LogP contribution in [-0.2, 0) is 10.0 Å². The molecule has 17 heavy (non-hydrogen) atoms. The minimum Gasteiger partial charge on any atom is -0.396 e. The van der Waals surface area contributed by atoms with Gasteiger partial charge in [-0.05, 0) is 18.1 Å². The number of hydrogen-bond donors (Lipinski definition) is 2. The molecule has 0 aliphatic heterocycles. The first-order chi connectivity index (χ1) is 7.74. The highest BCUT2D eigenvalue weighted by atomic mass is 35.5. The summed E-state index contributed by atoms with van der Waals surface area (Å²) in [5.74, 6) is -0.584. The van der Waals surface area contributed by atoms with E-state index >= 15 is 0 Å². The highest BCUT2D eigenvalue weighted by Crippen LogP contribution is 2.26. The molecule has 1 rings (SSSR count). The third-order valence-electron chi connectivity index (χ3n) is 2.02. The van der Waals surface area contributed by atoms with Crippen LogP contribution < -0.4 is 10.5 Å². The van der Waals surface area contributed by atoms with Crippen LogP contribution in [-0.4, -0.2) is 15.0 Å². The van der Waals surface area contributed by atoms with Crippen LogP contribution in [0.25, 0.3) is 0 Å². The lowest BCUT2D eigenvalue weighted by Crippen LogP contribution is -2.27. The van der Waals surface area contributed by atoms with Gasteiger partial charge in [0.1, 0.15) is 10.7 Å². The average Bonchev–Trinajstić information content (AvgIpc) is 2.20. The number of nitrogen functional groups attached to an aromatic ring is 1. The van der Waals surface area contributed by atoms with Crippen molar-refractivity contribution in [2.24, 2.45) is 5.92 Å². The molecular formula is C10H14ClFN2O2S. The van der Waals surface area contributed by atoms with Crippen molar-refractivity contribution >= 4 is 27.3 Å². The van der Waals surface area contributed by atoms with Gasteiger partial charge in [-0.15, -0.1) is 0 Å². The maximum atomic E-state index is 13.0. The Labute approximate surface area is 105 Å². The summed E-state index contributed by atoms with van der Waals surface area (Å²) in [4.78, 5) is -0.210. The van der Waals surface area contributed by atoms with E-state index in [1.54, 1.807) is 0 Å². The predicted octanol–water partition coefficient (Wildman–Crippen LogP) is 2.00. The van der Waals surface area contributed by atoms with Crippen LogP contribution in [0.1, 0.15) is 13.8 Å². The van der Waals surface area contributed by atoms with Crippen LogP contribution >= 0.6 is 11.6 Å². The Balaban J connectivity index is 3.11. The third-order valence-corrected chi connectivity index (χ3v) is 3.91. The summed E-state index contributed by atoms with van der Waals surface area (Å²) in [6.07, 6.45) is 0. The van der Waals surface area contributed by atoms with Gasteiger partial charge in [-0.2, -0.15) is 0 Å². The van der Waals surface area contributed by atoms with Crippen molar-refractivity contribution < 1.29 is 12.8 Å². The number of sulfonamides is 1. The second-order valence-electron chi connectivity index (χ2n) is 4.05. The fourth-order valence-electron chi connectivity index (χ4n) is 1.10. The van der Waals surface area contributed by atoms with Crippen LogP contribution in [0.3, 0.4) is 0 Å². The van der Waals surface area contributed by atoms with Crippen molar-refractivity contribution in [2.75, 3.05) is 12.3 Å². The Morgan fingerprint density at radius 3 is 2.59 bits per heavy atom. The molecule has 0 bridgehead atoms. The largest absolute Gasteiger partial charge is 0.396 e. The highest BCUT2D eigenvalue weighted by Gasteiger charge is 2.19. The van der Waals surface area contributed by atoms with Crippen LogP contribution in [0.4, 0.5) is 10.1 Å². The van der Waals surface area contributed by atoms with E-state index in [4.69, 9.17) is 17.3 Å². The summed E-state index contributed by atoms with van der Waals surface area (Å²) in [5, 5.41) is -0.187. The van der Waals surface area contributed by atoms with Crippen LogP contribution in [0.2, 0.25) is 5.02 Å². The Morgan fingerprint density at radius 1 is 1.47 bits per heavy atom. The molecule has 1 aromatic rings. The molecule has 4 nitrogen and oxygen atoms in total. The van der Waals surface area contributed by atoms with E-state index < -0.39 is 15.8 Å². The quantitative estimate of drug-likeness (QED) is 0.829. The van der Waals surface area contributed by atoms with E-state index in [9.17, 15) is 12.8 Å². The summed E-state index contributed by atoms with van der Waals surface area (Å²) in [7, 11) is -3.75. The van der Waals surface area contributed by atoms with Crippen LogP contribution in [0.5, 0.6) is 0 Å². The van der Waals surface area contributed by atoms with Gasteiger partial charge in [-0.1, -0.05) is 25.4 Å². The maximum absolute atomic E-state index is 13.0. The molecule has 3 N–H and O–H groups in total. The van der Waals surface area contributed by atoms with E-state index in [1.165, 1.54) is 0 Å². The van der Waals surface area contributed by atoms with Gasteiger partial charge < -0.3 is 5.73 Å². The molecule has 0 fully saturated rings. The number of halogens is 2. The van der Waals surface area contributed by atoms with Crippen LogP contribution in [0, 0.1) is 11.7 Å². The van der Waals surface area contributed by atoms with Gasteiger partial charge in [-0.25, -0.2) is 17.5 Å². The number of benzene rings is 1. The van der Waals surface area contributed by atoms with Gasteiger partial charge in [0.25, 0.3) is 0 Å². The molecule has 96 valence electrons. The van der Waals surface area contributed by atoms with Crippen molar-refractivity contribution in [3.8, 4) is 0 Å². The standard InChI is InChI=1S/C10H14ClFN2O2S/c1-6(2)5-14-17(15,16)10-4-9(13)8(12)3-7(10)11/h3-4,6,14H,5,13H2,1-2H3. The minimum atomic E-state index is -3.75. The smallest absolute Gasteiger partial charge is 0.242 e. The first-order valence-corrected chi connectivity index (χ1v) is 6.84. The Hall–Kier alpha value is -0.850.